The molecule has 0 N–H and O–H groups in total. The summed E-state index contributed by atoms with van der Waals surface area (Å²) in [6, 6.07) is 27.8. The summed E-state index contributed by atoms with van der Waals surface area (Å²) in [7, 11) is 0. The van der Waals surface area contributed by atoms with E-state index in [9.17, 15) is 0 Å². The molecule has 1 aliphatic carbocycles. The van der Waals surface area contributed by atoms with E-state index in [2.05, 4.69) is 94.4 Å². The molecular weight excluding hydrogens is 378 g/mol. The lowest BCUT2D eigenvalue weighted by Gasteiger charge is -2.40. The molecule has 3 aromatic carbocycles. The molecule has 6 rings (SSSR count). The van der Waals surface area contributed by atoms with Gasteiger partial charge in [-0.1, -0.05) is 74.5 Å². The summed E-state index contributed by atoms with van der Waals surface area (Å²) in [6.07, 6.45) is 0. The molecule has 0 unspecified atom stereocenters. The van der Waals surface area contributed by atoms with Gasteiger partial charge in [-0.15, -0.1) is 0 Å². The zero-order chi connectivity index (χ0) is 21.4. The first-order valence-corrected chi connectivity index (χ1v) is 10.9. The van der Waals surface area contributed by atoms with Crippen molar-refractivity contribution in [1.29, 1.82) is 0 Å². The maximum Gasteiger partial charge on any atom is 0.144 e. The number of rotatable bonds is 1. The fraction of sp³-hybridized carbons (Fsp3) is 0.207. The number of pyridine rings is 1. The molecule has 2 heteroatoms. The van der Waals surface area contributed by atoms with Crippen molar-refractivity contribution >= 4 is 21.9 Å². The van der Waals surface area contributed by atoms with Gasteiger partial charge in [0.15, 0.2) is 0 Å². The van der Waals surface area contributed by atoms with Crippen LogP contribution in [0.3, 0.4) is 0 Å². The van der Waals surface area contributed by atoms with Crippen LogP contribution in [0.4, 0.5) is 0 Å². The fourth-order valence-electron chi connectivity index (χ4n) is 5.43. The van der Waals surface area contributed by atoms with Gasteiger partial charge >= 0.3 is 0 Å². The minimum absolute atomic E-state index is 0.137. The second-order valence-corrected chi connectivity index (χ2v) is 9.67. The van der Waals surface area contributed by atoms with Gasteiger partial charge in [0, 0.05) is 32.7 Å². The summed E-state index contributed by atoms with van der Waals surface area (Å²) in [5.41, 5.74) is 7.62. The second kappa shape index (κ2) is 6.07. The topological polar surface area (TPSA) is 26.0 Å². The Balaban J connectivity index is 1.67. The van der Waals surface area contributed by atoms with Crippen LogP contribution in [0.15, 0.2) is 83.3 Å². The van der Waals surface area contributed by atoms with Crippen LogP contribution in [-0.2, 0) is 10.8 Å². The van der Waals surface area contributed by atoms with Crippen LogP contribution >= 0.6 is 0 Å². The van der Waals surface area contributed by atoms with E-state index in [1.807, 2.05) is 12.1 Å². The SMILES string of the molecule is CC1(C)c2ccccc2C(C)(C)c2c1oc1c(-c3ccc4ccccc4n3)cccc21. The summed E-state index contributed by atoms with van der Waals surface area (Å²) in [4.78, 5) is 4.95. The predicted molar refractivity (Wildman–Crippen MR) is 128 cm³/mol. The number of benzene rings is 3. The van der Waals surface area contributed by atoms with Gasteiger partial charge < -0.3 is 4.42 Å². The summed E-state index contributed by atoms with van der Waals surface area (Å²) in [5.74, 6) is 1.07. The van der Waals surface area contributed by atoms with Gasteiger partial charge in [-0.25, -0.2) is 4.98 Å². The minimum Gasteiger partial charge on any atom is -0.459 e. The van der Waals surface area contributed by atoms with E-state index in [0.717, 1.165) is 33.5 Å². The van der Waals surface area contributed by atoms with Crippen molar-refractivity contribution < 1.29 is 4.42 Å². The Morgan fingerprint density at radius 3 is 2.19 bits per heavy atom. The molecule has 0 radical (unpaired) electrons. The molecule has 2 aromatic heterocycles. The van der Waals surface area contributed by atoms with Crippen molar-refractivity contribution in [3.8, 4) is 11.3 Å². The van der Waals surface area contributed by atoms with E-state index in [1.54, 1.807) is 0 Å². The zero-order valence-corrected chi connectivity index (χ0v) is 18.4. The molecule has 5 aromatic rings. The van der Waals surface area contributed by atoms with Gasteiger partial charge in [0.25, 0.3) is 0 Å². The zero-order valence-electron chi connectivity index (χ0n) is 18.4. The van der Waals surface area contributed by atoms with Crippen molar-refractivity contribution in [2.45, 2.75) is 38.5 Å². The molecule has 0 bridgehead atoms. The van der Waals surface area contributed by atoms with E-state index >= 15 is 0 Å². The Morgan fingerprint density at radius 1 is 0.677 bits per heavy atom. The second-order valence-electron chi connectivity index (χ2n) is 9.67. The molecule has 2 heterocycles. The summed E-state index contributed by atoms with van der Waals surface area (Å²) in [5, 5.41) is 2.34. The van der Waals surface area contributed by atoms with E-state index in [4.69, 9.17) is 9.40 Å². The van der Waals surface area contributed by atoms with Crippen molar-refractivity contribution in [2.75, 3.05) is 0 Å². The Kier molecular flexibility index (Phi) is 3.60. The van der Waals surface area contributed by atoms with Gasteiger partial charge in [-0.05, 0) is 43.2 Å². The Hall–Kier alpha value is -3.39. The highest BCUT2D eigenvalue weighted by atomic mass is 16.3. The summed E-state index contributed by atoms with van der Waals surface area (Å²) < 4.78 is 6.76. The summed E-state index contributed by atoms with van der Waals surface area (Å²) >= 11 is 0. The molecule has 0 atom stereocenters. The quantitative estimate of drug-likeness (QED) is 0.288. The van der Waals surface area contributed by atoms with Crippen molar-refractivity contribution in [2.24, 2.45) is 0 Å². The molecule has 0 saturated heterocycles. The Labute approximate surface area is 182 Å². The number of para-hydroxylation sites is 2. The van der Waals surface area contributed by atoms with Gasteiger partial charge in [0.05, 0.1) is 11.2 Å². The smallest absolute Gasteiger partial charge is 0.144 e. The monoisotopic (exact) mass is 403 g/mol. The van der Waals surface area contributed by atoms with Crippen LogP contribution < -0.4 is 0 Å². The Morgan fingerprint density at radius 2 is 1.39 bits per heavy atom. The molecule has 0 amide bonds. The minimum atomic E-state index is -0.200. The van der Waals surface area contributed by atoms with Crippen LogP contribution in [0.5, 0.6) is 0 Å². The van der Waals surface area contributed by atoms with Gasteiger partial charge in [0.1, 0.15) is 11.3 Å². The van der Waals surface area contributed by atoms with Crippen LogP contribution in [0, 0.1) is 0 Å². The normalized spacial score (nSPS) is 16.3. The van der Waals surface area contributed by atoms with Crippen molar-refractivity contribution in [3.05, 3.63) is 101 Å². The molecule has 0 fully saturated rings. The van der Waals surface area contributed by atoms with Crippen LogP contribution in [0.2, 0.25) is 0 Å². The standard InChI is InChI=1S/C29H25NO/c1-28(2)21-13-6-7-14-22(21)29(3,4)27-25(28)20-12-9-11-19(26(20)31-27)24-17-16-18-10-5-8-15-23(18)30-24/h5-17H,1-4H3. The highest BCUT2D eigenvalue weighted by molar-refractivity contribution is 5.97. The fourth-order valence-corrected chi connectivity index (χ4v) is 5.43. The molecule has 1 aliphatic rings. The number of furan rings is 1. The number of hydrogen-bond acceptors (Lipinski definition) is 2. The lowest BCUT2D eigenvalue weighted by atomic mass is 9.62. The third kappa shape index (κ3) is 2.42. The van der Waals surface area contributed by atoms with E-state index in [-0.39, 0.29) is 10.8 Å². The lowest BCUT2D eigenvalue weighted by molar-refractivity contribution is 0.410. The first-order valence-electron chi connectivity index (χ1n) is 10.9. The lowest BCUT2D eigenvalue weighted by Crippen LogP contribution is -2.35. The third-order valence-electron chi connectivity index (χ3n) is 7.06. The molecule has 0 aliphatic heterocycles. The number of aromatic nitrogens is 1. The van der Waals surface area contributed by atoms with Crippen LogP contribution in [0.1, 0.15) is 50.1 Å². The maximum atomic E-state index is 6.76. The predicted octanol–water partition coefficient (Wildman–Crippen LogP) is 7.61. The largest absolute Gasteiger partial charge is 0.459 e. The highest BCUT2D eigenvalue weighted by Crippen LogP contribution is 2.53. The van der Waals surface area contributed by atoms with E-state index in [0.29, 0.717) is 0 Å². The molecule has 0 spiro atoms. The number of hydrogen-bond donors (Lipinski definition) is 0. The average Bonchev–Trinajstić information content (AvgIpc) is 3.20. The molecule has 0 saturated carbocycles. The van der Waals surface area contributed by atoms with Gasteiger partial charge in [-0.3, -0.25) is 0 Å². The first kappa shape index (κ1) is 18.4. The Bertz CT molecular complexity index is 1490. The number of nitrogens with zero attached hydrogens (tertiary/aromatic N) is 1. The van der Waals surface area contributed by atoms with Crippen LogP contribution in [-0.4, -0.2) is 4.98 Å². The first-order chi connectivity index (χ1) is 14.9. The van der Waals surface area contributed by atoms with Crippen LogP contribution in [0.25, 0.3) is 33.1 Å². The summed E-state index contributed by atoms with van der Waals surface area (Å²) in [6.45, 7) is 9.18. The molecule has 2 nitrogen and oxygen atoms in total. The third-order valence-corrected chi connectivity index (χ3v) is 7.06. The molecule has 152 valence electrons. The molecule has 31 heavy (non-hydrogen) atoms. The highest BCUT2D eigenvalue weighted by Gasteiger charge is 2.45. The van der Waals surface area contributed by atoms with Crippen molar-refractivity contribution in [3.63, 3.8) is 0 Å². The molecular formula is C29H25NO. The van der Waals surface area contributed by atoms with Gasteiger partial charge in [0.2, 0.25) is 0 Å². The maximum absolute atomic E-state index is 6.76. The van der Waals surface area contributed by atoms with Gasteiger partial charge in [-0.2, -0.15) is 0 Å². The van der Waals surface area contributed by atoms with E-state index < -0.39 is 0 Å². The van der Waals surface area contributed by atoms with E-state index in [1.165, 1.54) is 22.1 Å². The van der Waals surface area contributed by atoms with Crippen molar-refractivity contribution in [1.82, 2.24) is 4.98 Å². The number of fused-ring (bicyclic) bond motifs is 5. The average molecular weight is 404 g/mol.